The molecular formula is C20H20O6. The maximum absolute atomic E-state index is 12.5. The van der Waals surface area contributed by atoms with Gasteiger partial charge in [0.05, 0.1) is 0 Å². The Morgan fingerprint density at radius 3 is 2.54 bits per heavy atom. The number of aliphatic hydroxyl groups is 1. The molecule has 0 aromatic heterocycles. The minimum Gasteiger partial charge on any atom is -0.508 e. The van der Waals surface area contributed by atoms with Crippen molar-refractivity contribution in [2.75, 3.05) is 6.61 Å². The van der Waals surface area contributed by atoms with Gasteiger partial charge in [0.1, 0.15) is 35.2 Å². The molecule has 2 aromatic carbocycles. The van der Waals surface area contributed by atoms with Gasteiger partial charge in [0.2, 0.25) is 5.78 Å². The van der Waals surface area contributed by atoms with E-state index in [1.54, 1.807) is 12.1 Å². The van der Waals surface area contributed by atoms with Crippen LogP contribution in [0.5, 0.6) is 23.0 Å². The van der Waals surface area contributed by atoms with Crippen molar-refractivity contribution in [3.63, 3.8) is 0 Å². The molecule has 136 valence electrons. The van der Waals surface area contributed by atoms with E-state index in [-0.39, 0.29) is 22.8 Å². The van der Waals surface area contributed by atoms with Crippen LogP contribution in [0.2, 0.25) is 0 Å². The highest BCUT2D eigenvalue weighted by Gasteiger charge is 2.39. The first kappa shape index (κ1) is 17.8. The largest absolute Gasteiger partial charge is 0.508 e. The number of ether oxygens (including phenoxy) is 2. The molecule has 0 spiro atoms. The highest BCUT2D eigenvalue weighted by atomic mass is 16.5. The van der Waals surface area contributed by atoms with Crippen molar-refractivity contribution >= 4 is 5.78 Å². The molecule has 0 fully saturated rings. The van der Waals surface area contributed by atoms with E-state index in [1.807, 2.05) is 19.9 Å². The molecule has 6 nitrogen and oxygen atoms in total. The molecule has 1 aliphatic rings. The summed E-state index contributed by atoms with van der Waals surface area (Å²) in [6.45, 7) is 4.21. The fraction of sp³-hybridized carbons (Fsp3) is 0.250. The average Bonchev–Trinajstić information content (AvgIpc) is 2.58. The number of allylic oxidation sites excluding steroid dienone is 1. The third-order valence-electron chi connectivity index (χ3n) is 4.07. The molecule has 1 aliphatic heterocycles. The number of rotatable bonds is 4. The van der Waals surface area contributed by atoms with E-state index < -0.39 is 18.0 Å². The number of phenols is 2. The Morgan fingerprint density at radius 2 is 1.88 bits per heavy atom. The Labute approximate surface area is 150 Å². The molecule has 3 rings (SSSR count). The third kappa shape index (κ3) is 3.50. The molecule has 26 heavy (non-hydrogen) atoms. The maximum Gasteiger partial charge on any atom is 0.202 e. The van der Waals surface area contributed by atoms with Gasteiger partial charge in [-0.3, -0.25) is 4.79 Å². The molecular weight excluding hydrogens is 336 g/mol. The van der Waals surface area contributed by atoms with E-state index in [0.717, 1.165) is 5.57 Å². The summed E-state index contributed by atoms with van der Waals surface area (Å²) in [5.74, 6) is -0.364. The minimum absolute atomic E-state index is 0.0675. The number of Topliss-reactive ketones (excluding diaryl/α,β-unsaturated/α-hetero) is 1. The quantitative estimate of drug-likeness (QED) is 0.729. The van der Waals surface area contributed by atoms with Gasteiger partial charge in [0.25, 0.3) is 0 Å². The fourth-order valence-corrected chi connectivity index (χ4v) is 2.71. The van der Waals surface area contributed by atoms with Crippen molar-refractivity contribution < 1.29 is 29.6 Å². The normalized spacial score (nSPS) is 18.7. The van der Waals surface area contributed by atoms with Crippen molar-refractivity contribution in [3.8, 4) is 23.0 Å². The zero-order valence-electron chi connectivity index (χ0n) is 14.5. The van der Waals surface area contributed by atoms with Gasteiger partial charge in [-0.25, -0.2) is 0 Å². The molecule has 3 N–H and O–H groups in total. The lowest BCUT2D eigenvalue weighted by atomic mass is 9.93. The molecule has 0 saturated heterocycles. The van der Waals surface area contributed by atoms with Crippen LogP contribution >= 0.6 is 0 Å². The Hall–Kier alpha value is -2.99. The maximum atomic E-state index is 12.5. The molecule has 1 heterocycles. The SMILES string of the molecule is CC(C)=CCOc1cc(O)c2c(c1)OC(c1ccc(O)cc1)C(O)C2=O. The lowest BCUT2D eigenvalue weighted by Crippen LogP contribution is -2.36. The molecule has 2 aromatic rings. The number of carbonyl (C=O) groups is 1. The predicted molar refractivity (Wildman–Crippen MR) is 94.8 cm³/mol. The van der Waals surface area contributed by atoms with E-state index in [2.05, 4.69) is 0 Å². The van der Waals surface area contributed by atoms with Crippen LogP contribution in [0.15, 0.2) is 48.0 Å². The van der Waals surface area contributed by atoms with Gasteiger partial charge < -0.3 is 24.8 Å². The second-order valence-corrected chi connectivity index (χ2v) is 6.35. The zero-order chi connectivity index (χ0) is 18.8. The topological polar surface area (TPSA) is 96.2 Å². The Morgan fingerprint density at radius 1 is 1.19 bits per heavy atom. The van der Waals surface area contributed by atoms with Crippen LogP contribution in [0.4, 0.5) is 0 Å². The highest BCUT2D eigenvalue weighted by molar-refractivity contribution is 6.05. The number of aromatic hydroxyl groups is 2. The minimum atomic E-state index is -1.46. The van der Waals surface area contributed by atoms with Gasteiger partial charge >= 0.3 is 0 Å². The van der Waals surface area contributed by atoms with Gasteiger partial charge in [-0.15, -0.1) is 0 Å². The van der Waals surface area contributed by atoms with Gasteiger partial charge in [-0.1, -0.05) is 17.7 Å². The van der Waals surface area contributed by atoms with Gasteiger partial charge in [0, 0.05) is 12.1 Å². The van der Waals surface area contributed by atoms with Crippen LogP contribution in [0.3, 0.4) is 0 Å². The molecule has 0 saturated carbocycles. The molecule has 2 atom stereocenters. The monoisotopic (exact) mass is 356 g/mol. The molecule has 0 bridgehead atoms. The van der Waals surface area contributed by atoms with Crippen molar-refractivity contribution in [3.05, 3.63) is 59.2 Å². The predicted octanol–water partition coefficient (Wildman–Crippen LogP) is 3.12. The lowest BCUT2D eigenvalue weighted by molar-refractivity contribution is 0.0210. The van der Waals surface area contributed by atoms with E-state index in [1.165, 1.54) is 24.3 Å². The summed E-state index contributed by atoms with van der Waals surface area (Å²) < 4.78 is 11.3. The van der Waals surface area contributed by atoms with Crippen LogP contribution in [0.1, 0.15) is 35.9 Å². The van der Waals surface area contributed by atoms with Gasteiger partial charge in [-0.2, -0.15) is 0 Å². The van der Waals surface area contributed by atoms with Crippen molar-refractivity contribution in [1.82, 2.24) is 0 Å². The Bertz CT molecular complexity index is 849. The number of benzene rings is 2. The number of hydrogen-bond donors (Lipinski definition) is 3. The van der Waals surface area contributed by atoms with E-state index in [0.29, 0.717) is 17.9 Å². The third-order valence-corrected chi connectivity index (χ3v) is 4.07. The summed E-state index contributed by atoms with van der Waals surface area (Å²) in [5.41, 5.74) is 1.56. The van der Waals surface area contributed by atoms with Crippen LogP contribution in [-0.2, 0) is 0 Å². The second kappa shape index (κ2) is 7.09. The number of hydrogen-bond acceptors (Lipinski definition) is 6. The van der Waals surface area contributed by atoms with Gasteiger partial charge in [-0.05, 0) is 37.6 Å². The molecule has 0 radical (unpaired) electrons. The van der Waals surface area contributed by atoms with E-state index in [9.17, 15) is 20.1 Å². The van der Waals surface area contributed by atoms with Crippen LogP contribution in [-0.4, -0.2) is 33.8 Å². The van der Waals surface area contributed by atoms with Crippen LogP contribution < -0.4 is 9.47 Å². The van der Waals surface area contributed by atoms with E-state index in [4.69, 9.17) is 9.47 Å². The fourth-order valence-electron chi connectivity index (χ4n) is 2.71. The van der Waals surface area contributed by atoms with Crippen LogP contribution in [0.25, 0.3) is 0 Å². The molecule has 6 heteroatoms. The van der Waals surface area contributed by atoms with Gasteiger partial charge in [0.15, 0.2) is 12.2 Å². The summed E-state index contributed by atoms with van der Waals surface area (Å²) in [5, 5.41) is 29.9. The number of carbonyl (C=O) groups excluding carboxylic acids is 1. The summed E-state index contributed by atoms with van der Waals surface area (Å²) in [6.07, 6.45) is -0.524. The number of fused-ring (bicyclic) bond motifs is 1. The number of aliphatic hydroxyl groups excluding tert-OH is 1. The highest BCUT2D eigenvalue weighted by Crippen LogP contribution is 2.42. The summed E-state index contributed by atoms with van der Waals surface area (Å²) in [6, 6.07) is 8.87. The van der Waals surface area contributed by atoms with Crippen molar-refractivity contribution in [1.29, 1.82) is 0 Å². The van der Waals surface area contributed by atoms with Crippen molar-refractivity contribution in [2.45, 2.75) is 26.1 Å². The molecule has 0 aliphatic carbocycles. The lowest BCUT2D eigenvalue weighted by Gasteiger charge is -2.30. The molecule has 0 amide bonds. The second-order valence-electron chi connectivity index (χ2n) is 6.35. The smallest absolute Gasteiger partial charge is 0.202 e. The summed E-state index contributed by atoms with van der Waals surface area (Å²) in [4.78, 5) is 12.5. The van der Waals surface area contributed by atoms with Crippen molar-refractivity contribution in [2.24, 2.45) is 0 Å². The first-order valence-corrected chi connectivity index (χ1v) is 8.18. The zero-order valence-corrected chi connectivity index (χ0v) is 14.5. The first-order valence-electron chi connectivity index (χ1n) is 8.18. The standard InChI is InChI=1S/C20H20O6/c1-11(2)7-8-25-14-9-15(22)17-16(10-14)26-20(19(24)18(17)23)12-3-5-13(21)6-4-12/h3-7,9-10,19-22,24H,8H2,1-2H3. The Balaban J connectivity index is 1.93. The summed E-state index contributed by atoms with van der Waals surface area (Å²) >= 11 is 0. The van der Waals surface area contributed by atoms with Crippen LogP contribution in [0, 0.1) is 0 Å². The first-order chi connectivity index (χ1) is 12.4. The number of ketones is 1. The van der Waals surface area contributed by atoms with E-state index >= 15 is 0 Å². The average molecular weight is 356 g/mol. The molecule has 2 unspecified atom stereocenters. The Kier molecular flexibility index (Phi) is 4.86. The number of phenolic OH excluding ortho intramolecular Hbond substituents is 2. The summed E-state index contributed by atoms with van der Waals surface area (Å²) in [7, 11) is 0.